The smallest absolute Gasteiger partial charge is 0.169 e. The zero-order chi connectivity index (χ0) is 15.2. The van der Waals surface area contributed by atoms with E-state index in [1.54, 1.807) is 6.07 Å². The summed E-state index contributed by atoms with van der Waals surface area (Å²) in [7, 11) is 0. The van der Waals surface area contributed by atoms with Crippen LogP contribution in [-0.4, -0.2) is 19.3 Å². The van der Waals surface area contributed by atoms with Gasteiger partial charge in [-0.2, -0.15) is 0 Å². The highest BCUT2D eigenvalue weighted by Gasteiger charge is 2.26. The molecule has 116 valence electrons. The fraction of sp³-hybridized carbons (Fsp3) is 0.529. The van der Waals surface area contributed by atoms with Crippen LogP contribution in [0.1, 0.15) is 45.4 Å². The second-order valence-corrected chi connectivity index (χ2v) is 5.12. The Bertz CT molecular complexity index is 561. The third-order valence-electron chi connectivity index (χ3n) is 3.57. The number of halogens is 1. The average molecular weight is 293 g/mol. The standard InChI is InChI=1S/C17H24FNO2/c1-4-8-14(20-6-3)16(19-5-2)15-11-12-9-7-10-13(18)17(12)21-15/h7,9-11,14,16,19H,4-6,8H2,1-3H3. The summed E-state index contributed by atoms with van der Waals surface area (Å²) in [6.45, 7) is 7.63. The summed E-state index contributed by atoms with van der Waals surface area (Å²) in [5.74, 6) is 0.418. The van der Waals surface area contributed by atoms with Gasteiger partial charge in [0.15, 0.2) is 11.4 Å². The van der Waals surface area contributed by atoms with E-state index in [-0.39, 0.29) is 18.0 Å². The Morgan fingerprint density at radius 1 is 1.29 bits per heavy atom. The van der Waals surface area contributed by atoms with Crippen LogP contribution in [0.3, 0.4) is 0 Å². The molecule has 0 bridgehead atoms. The van der Waals surface area contributed by atoms with Gasteiger partial charge in [-0.3, -0.25) is 0 Å². The van der Waals surface area contributed by atoms with Crippen molar-refractivity contribution >= 4 is 11.0 Å². The first-order valence-corrected chi connectivity index (χ1v) is 7.74. The van der Waals surface area contributed by atoms with Gasteiger partial charge in [0.25, 0.3) is 0 Å². The molecule has 2 rings (SSSR count). The van der Waals surface area contributed by atoms with Gasteiger partial charge < -0.3 is 14.5 Å². The zero-order valence-electron chi connectivity index (χ0n) is 13.0. The van der Waals surface area contributed by atoms with Crippen molar-refractivity contribution in [2.45, 2.75) is 45.8 Å². The van der Waals surface area contributed by atoms with Gasteiger partial charge in [-0.1, -0.05) is 32.4 Å². The summed E-state index contributed by atoms with van der Waals surface area (Å²) in [6.07, 6.45) is 2.00. The molecule has 0 spiro atoms. The van der Waals surface area contributed by atoms with E-state index in [1.807, 2.05) is 26.0 Å². The van der Waals surface area contributed by atoms with Crippen molar-refractivity contribution in [3.63, 3.8) is 0 Å². The number of ether oxygens (including phenoxy) is 1. The van der Waals surface area contributed by atoms with Crippen LogP contribution in [0, 0.1) is 5.82 Å². The van der Waals surface area contributed by atoms with Crippen molar-refractivity contribution in [1.82, 2.24) is 5.32 Å². The van der Waals surface area contributed by atoms with Gasteiger partial charge in [-0.25, -0.2) is 4.39 Å². The lowest BCUT2D eigenvalue weighted by atomic mass is 10.0. The molecule has 0 aliphatic rings. The van der Waals surface area contributed by atoms with Crippen LogP contribution in [0.2, 0.25) is 0 Å². The van der Waals surface area contributed by atoms with E-state index < -0.39 is 0 Å². The summed E-state index contributed by atoms with van der Waals surface area (Å²) in [5.41, 5.74) is 0.321. The molecule has 0 fully saturated rings. The molecule has 0 saturated carbocycles. The zero-order valence-corrected chi connectivity index (χ0v) is 13.0. The highest BCUT2D eigenvalue weighted by atomic mass is 19.1. The molecule has 3 nitrogen and oxygen atoms in total. The normalized spacial score (nSPS) is 14.5. The first kappa shape index (κ1) is 16.0. The number of hydrogen-bond donors (Lipinski definition) is 1. The number of furan rings is 1. The van der Waals surface area contributed by atoms with Crippen molar-refractivity contribution < 1.29 is 13.5 Å². The van der Waals surface area contributed by atoms with Crippen LogP contribution in [-0.2, 0) is 4.74 Å². The van der Waals surface area contributed by atoms with Gasteiger partial charge in [0.1, 0.15) is 5.76 Å². The molecule has 2 unspecified atom stereocenters. The first-order valence-electron chi connectivity index (χ1n) is 7.74. The minimum absolute atomic E-state index is 0.0311. The lowest BCUT2D eigenvalue weighted by molar-refractivity contribution is 0.0229. The third-order valence-corrected chi connectivity index (χ3v) is 3.57. The number of rotatable bonds is 8. The number of likely N-dealkylation sites (N-methyl/N-ethyl adjacent to an activating group) is 1. The maximum atomic E-state index is 13.8. The molecular weight excluding hydrogens is 269 g/mol. The molecule has 1 aromatic heterocycles. The third kappa shape index (κ3) is 3.63. The highest BCUT2D eigenvalue weighted by Crippen LogP contribution is 2.30. The number of para-hydroxylation sites is 1. The molecule has 2 atom stereocenters. The highest BCUT2D eigenvalue weighted by molar-refractivity contribution is 5.78. The molecule has 0 radical (unpaired) electrons. The maximum absolute atomic E-state index is 13.8. The Morgan fingerprint density at radius 3 is 2.71 bits per heavy atom. The molecule has 2 aromatic rings. The maximum Gasteiger partial charge on any atom is 0.169 e. The van der Waals surface area contributed by atoms with Crippen LogP contribution >= 0.6 is 0 Å². The molecule has 0 aliphatic heterocycles. The fourth-order valence-corrected chi connectivity index (χ4v) is 2.68. The van der Waals surface area contributed by atoms with Gasteiger partial charge in [-0.05, 0) is 32.0 Å². The predicted molar refractivity (Wildman–Crippen MR) is 82.9 cm³/mol. The molecule has 0 aliphatic carbocycles. The van der Waals surface area contributed by atoms with Crippen LogP contribution in [0.4, 0.5) is 4.39 Å². The lowest BCUT2D eigenvalue weighted by Gasteiger charge is -2.25. The largest absolute Gasteiger partial charge is 0.456 e. The van der Waals surface area contributed by atoms with Gasteiger partial charge in [-0.15, -0.1) is 0 Å². The van der Waals surface area contributed by atoms with Crippen molar-refractivity contribution in [2.75, 3.05) is 13.2 Å². The van der Waals surface area contributed by atoms with Crippen LogP contribution in [0.5, 0.6) is 0 Å². The van der Waals surface area contributed by atoms with Crippen LogP contribution in [0.25, 0.3) is 11.0 Å². The SMILES string of the molecule is CCCC(OCC)C(NCC)c1cc2cccc(F)c2o1. The molecule has 0 saturated heterocycles. The fourth-order valence-electron chi connectivity index (χ4n) is 2.68. The van der Waals surface area contributed by atoms with Crippen molar-refractivity contribution in [3.05, 3.63) is 35.8 Å². The minimum Gasteiger partial charge on any atom is -0.456 e. The molecule has 1 aromatic carbocycles. The van der Waals surface area contributed by atoms with Crippen LogP contribution < -0.4 is 5.32 Å². The van der Waals surface area contributed by atoms with E-state index in [1.165, 1.54) is 6.07 Å². The first-order chi connectivity index (χ1) is 10.2. The number of nitrogens with one attached hydrogen (secondary N) is 1. The van der Waals surface area contributed by atoms with Crippen LogP contribution in [0.15, 0.2) is 28.7 Å². The molecule has 4 heteroatoms. The lowest BCUT2D eigenvalue weighted by Crippen LogP contribution is -2.33. The van der Waals surface area contributed by atoms with Crippen molar-refractivity contribution in [1.29, 1.82) is 0 Å². The number of benzene rings is 1. The number of fused-ring (bicyclic) bond motifs is 1. The summed E-state index contributed by atoms with van der Waals surface area (Å²) in [6, 6.07) is 6.84. The van der Waals surface area contributed by atoms with E-state index >= 15 is 0 Å². The predicted octanol–water partition coefficient (Wildman–Crippen LogP) is 4.43. The minimum atomic E-state index is -0.322. The molecule has 1 heterocycles. The van der Waals surface area contributed by atoms with Crippen molar-refractivity contribution in [2.24, 2.45) is 0 Å². The summed E-state index contributed by atoms with van der Waals surface area (Å²) in [5, 5.41) is 4.20. The van der Waals surface area contributed by atoms with E-state index in [0.29, 0.717) is 12.2 Å². The van der Waals surface area contributed by atoms with E-state index in [0.717, 1.165) is 30.5 Å². The van der Waals surface area contributed by atoms with Gasteiger partial charge in [0.05, 0.1) is 12.1 Å². The quantitative estimate of drug-likeness (QED) is 0.782. The van der Waals surface area contributed by atoms with Gasteiger partial charge in [0, 0.05) is 12.0 Å². The van der Waals surface area contributed by atoms with Crippen molar-refractivity contribution in [3.8, 4) is 0 Å². The molecule has 21 heavy (non-hydrogen) atoms. The second kappa shape index (κ2) is 7.57. The molecule has 0 amide bonds. The van der Waals surface area contributed by atoms with E-state index in [9.17, 15) is 4.39 Å². The summed E-state index contributed by atoms with van der Waals surface area (Å²) >= 11 is 0. The van der Waals surface area contributed by atoms with Gasteiger partial charge in [0.2, 0.25) is 0 Å². The Balaban J connectivity index is 2.36. The van der Waals surface area contributed by atoms with Gasteiger partial charge >= 0.3 is 0 Å². The van der Waals surface area contributed by atoms with E-state index in [4.69, 9.17) is 9.15 Å². The Labute approximate surface area is 125 Å². The Hall–Kier alpha value is -1.39. The number of hydrogen-bond acceptors (Lipinski definition) is 3. The summed E-state index contributed by atoms with van der Waals surface area (Å²) in [4.78, 5) is 0. The molecule has 1 N–H and O–H groups in total. The topological polar surface area (TPSA) is 34.4 Å². The summed E-state index contributed by atoms with van der Waals surface area (Å²) < 4.78 is 25.4. The second-order valence-electron chi connectivity index (χ2n) is 5.12. The Morgan fingerprint density at radius 2 is 2.10 bits per heavy atom. The van der Waals surface area contributed by atoms with E-state index in [2.05, 4.69) is 12.2 Å². The monoisotopic (exact) mass is 293 g/mol. The Kier molecular flexibility index (Phi) is 5.76. The average Bonchev–Trinajstić information content (AvgIpc) is 2.90. The molecular formula is C17H24FNO2.